The second-order valence-electron chi connectivity index (χ2n) is 17.3. The van der Waals surface area contributed by atoms with Crippen molar-refractivity contribution in [2.75, 3.05) is 96.8 Å². The quantitative estimate of drug-likeness (QED) is 0.156. The molecular weight excluding hydrogens is 931 g/mol. The van der Waals surface area contributed by atoms with Gasteiger partial charge < -0.3 is 29.1 Å². The van der Waals surface area contributed by atoms with Crippen LogP contribution in [0.2, 0.25) is 0 Å². The maximum atomic E-state index is 14.3. The van der Waals surface area contributed by atoms with Crippen molar-refractivity contribution >= 4 is 77.5 Å². The zero-order chi connectivity index (χ0) is 47.9. The predicted octanol–water partition coefficient (Wildman–Crippen LogP) is 9.12. The number of benzene rings is 2. The summed E-state index contributed by atoms with van der Waals surface area (Å²) in [6.07, 6.45) is 7.04. The maximum absolute atomic E-state index is 14.3. The monoisotopic (exact) mass is 978 g/mol. The Morgan fingerprint density at radius 2 is 1.10 bits per heavy atom. The van der Waals surface area contributed by atoms with Crippen LogP contribution in [0, 0.1) is 25.5 Å². The van der Waals surface area contributed by atoms with Crippen LogP contribution in [0.4, 0.5) is 42.9 Å². The molecule has 12 rings (SSSR count). The van der Waals surface area contributed by atoms with Gasteiger partial charge in [-0.05, 0) is 74.5 Å². The van der Waals surface area contributed by atoms with Crippen LogP contribution in [0.1, 0.15) is 11.1 Å². The number of morpholine rings is 2. The zero-order valence-corrected chi connectivity index (χ0v) is 40.2. The van der Waals surface area contributed by atoms with Crippen molar-refractivity contribution in [1.29, 1.82) is 0 Å². The normalized spacial score (nSPS) is 16.7. The van der Waals surface area contributed by atoms with Gasteiger partial charge >= 0.3 is 0 Å². The number of anilines is 6. The second-order valence-corrected chi connectivity index (χ2v) is 20.4. The summed E-state index contributed by atoms with van der Waals surface area (Å²) >= 11 is 1.77. The lowest BCUT2D eigenvalue weighted by atomic mass is 10.0. The first kappa shape index (κ1) is 45.6. The lowest BCUT2D eigenvalue weighted by Gasteiger charge is -2.35. The van der Waals surface area contributed by atoms with E-state index >= 15 is 0 Å². The van der Waals surface area contributed by atoms with Gasteiger partial charge in [0.2, 0.25) is 0 Å². The van der Waals surface area contributed by atoms with Gasteiger partial charge in [-0.2, -0.15) is 0 Å². The fourth-order valence-electron chi connectivity index (χ4n) is 9.67. The average molecular weight is 979 g/mol. The van der Waals surface area contributed by atoms with Crippen molar-refractivity contribution in [3.63, 3.8) is 0 Å². The highest BCUT2D eigenvalue weighted by Crippen LogP contribution is 2.46. The Hall–Kier alpha value is -6.86. The molecule has 0 unspecified atom stereocenters. The summed E-state index contributed by atoms with van der Waals surface area (Å²) in [7, 11) is -3.55. The highest BCUT2D eigenvalue weighted by atomic mass is 32.2. The topological polar surface area (TPSA) is 143 Å². The van der Waals surface area contributed by atoms with Crippen LogP contribution in [0.15, 0.2) is 120 Å². The number of ether oxygens (including phenoxy) is 2. The number of fused-ring (bicyclic) bond motifs is 4. The van der Waals surface area contributed by atoms with Gasteiger partial charge in [0.15, 0.2) is 14.9 Å². The Labute approximate surface area is 408 Å². The lowest BCUT2D eigenvalue weighted by Crippen LogP contribution is -2.37. The smallest absolute Gasteiger partial charge is 0.199 e. The summed E-state index contributed by atoms with van der Waals surface area (Å²) in [5, 5.41) is 2.72. The Morgan fingerprint density at radius 3 is 1.63 bits per heavy atom. The number of pyridine rings is 6. The highest BCUT2D eigenvalue weighted by molar-refractivity contribution is 7.99. The second kappa shape index (κ2) is 19.1. The largest absolute Gasteiger partial charge is 0.378 e. The van der Waals surface area contributed by atoms with E-state index in [1.54, 1.807) is 36.4 Å². The van der Waals surface area contributed by atoms with E-state index in [9.17, 15) is 17.2 Å². The number of aromatic nitrogens is 6. The van der Waals surface area contributed by atoms with Crippen LogP contribution in [0.5, 0.6) is 0 Å². The molecule has 0 amide bonds. The first-order valence-electron chi connectivity index (χ1n) is 23.2. The fourth-order valence-corrected chi connectivity index (χ4v) is 11.9. The minimum absolute atomic E-state index is 0.0524. The molecule has 10 heterocycles. The van der Waals surface area contributed by atoms with Gasteiger partial charge in [0, 0.05) is 91.4 Å². The van der Waals surface area contributed by atoms with Gasteiger partial charge in [0.25, 0.3) is 0 Å². The molecule has 70 heavy (non-hydrogen) atoms. The summed E-state index contributed by atoms with van der Waals surface area (Å²) in [6.45, 7) is 10.9. The van der Waals surface area contributed by atoms with E-state index in [0.717, 1.165) is 105 Å². The van der Waals surface area contributed by atoms with Crippen LogP contribution < -0.4 is 19.6 Å². The number of halogens is 2. The van der Waals surface area contributed by atoms with E-state index in [1.807, 2.05) is 66.6 Å². The van der Waals surface area contributed by atoms with Crippen molar-refractivity contribution < 1.29 is 26.7 Å². The van der Waals surface area contributed by atoms with E-state index in [-0.39, 0.29) is 23.1 Å². The molecule has 0 atom stereocenters. The van der Waals surface area contributed by atoms with Gasteiger partial charge in [0.1, 0.15) is 16.7 Å². The molecule has 2 fully saturated rings. The van der Waals surface area contributed by atoms with E-state index in [2.05, 4.69) is 42.6 Å². The Kier molecular flexibility index (Phi) is 12.5. The summed E-state index contributed by atoms with van der Waals surface area (Å²) in [6, 6.07) is 24.8. The van der Waals surface area contributed by atoms with E-state index < -0.39 is 15.7 Å². The molecule has 14 nitrogen and oxygen atoms in total. The van der Waals surface area contributed by atoms with Gasteiger partial charge in [-0.15, -0.1) is 11.8 Å². The molecular formula is C52H48F2N10O4S2. The van der Waals surface area contributed by atoms with Crippen LogP contribution in [-0.2, 0) is 19.3 Å². The van der Waals surface area contributed by atoms with Crippen LogP contribution >= 0.6 is 11.8 Å². The average Bonchev–Trinajstić information content (AvgIpc) is 3.39. The maximum Gasteiger partial charge on any atom is 0.199 e. The first-order valence-corrected chi connectivity index (χ1v) is 25.8. The lowest BCUT2D eigenvalue weighted by molar-refractivity contribution is 0.122. The minimum atomic E-state index is -3.55. The standard InChI is InChI=1S/C26H24FN5O3S.C26H24FN5OS/c1-17-24(21-4-2-3-7-28-21)30-22-14-18(27)5-6-20(22)25(17)32-10-13-36(33,34)26-23(32)15-19(16-29-26)31-8-11-35-12-9-31;1-17-24(21-4-2-3-7-28-21)30-22-14-18(27)5-6-20(22)25(17)32-10-13-34-26-23(32)15-19(16-29-26)31-8-11-33-12-9-31/h2-7,14-16H,8-13H2,1H3;2-7,14-16H,8-13H2,1H3. The molecule has 0 radical (unpaired) electrons. The number of thioether (sulfide) groups is 1. The van der Waals surface area contributed by atoms with Crippen LogP contribution in [0.3, 0.4) is 0 Å². The van der Waals surface area contributed by atoms with Crippen molar-refractivity contribution in [2.24, 2.45) is 0 Å². The molecule has 2 aromatic carbocycles. The first-order chi connectivity index (χ1) is 34.1. The summed E-state index contributed by atoms with van der Waals surface area (Å²) < 4.78 is 65.6. The van der Waals surface area contributed by atoms with Crippen molar-refractivity contribution in [2.45, 2.75) is 23.9 Å². The molecule has 18 heteroatoms. The number of nitrogens with zero attached hydrogens (tertiary/aromatic N) is 10. The molecule has 356 valence electrons. The molecule has 4 aliphatic rings. The number of sulfone groups is 1. The molecule has 8 aromatic rings. The van der Waals surface area contributed by atoms with E-state index in [1.165, 1.54) is 24.3 Å². The Morgan fingerprint density at radius 1 is 0.586 bits per heavy atom. The van der Waals surface area contributed by atoms with Crippen molar-refractivity contribution in [1.82, 2.24) is 29.9 Å². The van der Waals surface area contributed by atoms with Gasteiger partial charge in [-0.1, -0.05) is 12.1 Å². The molecule has 6 aromatic heterocycles. The van der Waals surface area contributed by atoms with Crippen molar-refractivity contribution in [3.8, 4) is 22.8 Å². The minimum Gasteiger partial charge on any atom is -0.378 e. The molecule has 0 aliphatic carbocycles. The van der Waals surface area contributed by atoms with Gasteiger partial charge in [-0.25, -0.2) is 37.1 Å². The summed E-state index contributed by atoms with van der Waals surface area (Å²) in [5.74, 6) is 0.149. The number of hydrogen-bond donors (Lipinski definition) is 0. The molecule has 0 spiro atoms. The Balaban J connectivity index is 0.000000153. The predicted molar refractivity (Wildman–Crippen MR) is 271 cm³/mol. The third-order valence-electron chi connectivity index (χ3n) is 13.1. The molecule has 0 N–H and O–H groups in total. The molecule has 0 saturated carbocycles. The molecule has 2 saturated heterocycles. The van der Waals surface area contributed by atoms with Crippen LogP contribution in [0.25, 0.3) is 44.6 Å². The van der Waals surface area contributed by atoms with Crippen molar-refractivity contribution in [3.05, 3.63) is 132 Å². The Bertz CT molecular complexity index is 3380. The van der Waals surface area contributed by atoms with Gasteiger partial charge in [-0.3, -0.25) is 9.97 Å². The highest BCUT2D eigenvalue weighted by Gasteiger charge is 2.34. The van der Waals surface area contributed by atoms with Crippen LogP contribution in [-0.4, -0.2) is 116 Å². The zero-order valence-electron chi connectivity index (χ0n) is 38.6. The summed E-state index contributed by atoms with van der Waals surface area (Å²) in [4.78, 5) is 36.6. The van der Waals surface area contributed by atoms with Gasteiger partial charge in [0.05, 0.1) is 113 Å². The van der Waals surface area contributed by atoms with E-state index in [4.69, 9.17) is 24.4 Å². The third kappa shape index (κ3) is 8.73. The fraction of sp³-hybridized carbons (Fsp3) is 0.269. The number of hydrogen-bond acceptors (Lipinski definition) is 15. The summed E-state index contributed by atoms with van der Waals surface area (Å²) in [5.41, 5.74) is 11.1. The third-order valence-corrected chi connectivity index (χ3v) is 15.7. The molecule has 0 bridgehead atoms. The van der Waals surface area contributed by atoms with E-state index in [0.29, 0.717) is 54.4 Å². The number of rotatable bonds is 6. The molecule has 4 aliphatic heterocycles. The SMILES string of the molecule is Cc1c(-c2ccccn2)nc2cc(F)ccc2c1N1CCS(=O)(=O)c2ncc(N3CCOCC3)cc21.Cc1c(-c2ccccn2)nc2cc(F)ccc2c1N1CCSc2ncc(N3CCOCC3)cc21.